The van der Waals surface area contributed by atoms with Crippen LogP contribution >= 0.6 is 0 Å². The van der Waals surface area contributed by atoms with Crippen LogP contribution in [-0.4, -0.2) is 44.6 Å². The fraction of sp³-hybridized carbons (Fsp3) is 0.333. The van der Waals surface area contributed by atoms with Gasteiger partial charge in [-0.1, -0.05) is 48.0 Å². The molecular formula is C21H25N3O4S. The molecule has 7 nitrogen and oxygen atoms in total. The van der Waals surface area contributed by atoms with Gasteiger partial charge >= 0.3 is 0 Å². The van der Waals surface area contributed by atoms with Gasteiger partial charge in [-0.25, -0.2) is 8.42 Å². The molecule has 8 heteroatoms. The van der Waals surface area contributed by atoms with Crippen LogP contribution in [0, 0.1) is 12.8 Å². The lowest BCUT2D eigenvalue weighted by molar-refractivity contribution is -0.127. The molecule has 1 atom stereocenters. The Balaban J connectivity index is 1.54. The fourth-order valence-corrected chi connectivity index (χ4v) is 4.17. The summed E-state index contributed by atoms with van der Waals surface area (Å²) in [6.07, 6.45) is 1.42. The first-order valence-electron chi connectivity index (χ1n) is 9.54. The summed E-state index contributed by atoms with van der Waals surface area (Å²) >= 11 is 0. The third kappa shape index (κ3) is 5.72. The van der Waals surface area contributed by atoms with Crippen LogP contribution in [0.5, 0.6) is 0 Å². The second kappa shape index (κ2) is 9.30. The molecule has 2 N–H and O–H groups in total. The monoisotopic (exact) mass is 415 g/mol. The Labute approximate surface area is 171 Å². The zero-order valence-corrected chi connectivity index (χ0v) is 17.1. The Bertz CT molecular complexity index is 959. The number of nitrogens with one attached hydrogen (secondary N) is 2. The molecule has 1 aliphatic rings. The number of hydrazine groups is 1. The normalized spacial score (nSPS) is 17.6. The highest BCUT2D eigenvalue weighted by Gasteiger charge is 2.28. The number of rotatable bonds is 7. The molecule has 2 aromatic carbocycles. The molecule has 1 unspecified atom stereocenters. The van der Waals surface area contributed by atoms with Gasteiger partial charge in [-0.05, 0) is 38.4 Å². The largest absolute Gasteiger partial charge is 0.295 e. The first-order chi connectivity index (χ1) is 13.8. The van der Waals surface area contributed by atoms with Gasteiger partial charge in [-0.2, -0.15) is 0 Å². The number of ketones is 1. The number of sulfonamides is 1. The van der Waals surface area contributed by atoms with Crippen LogP contribution in [0.3, 0.4) is 0 Å². The van der Waals surface area contributed by atoms with E-state index in [4.69, 9.17) is 0 Å². The molecule has 3 rings (SSSR count). The first kappa shape index (κ1) is 21.2. The van der Waals surface area contributed by atoms with E-state index in [9.17, 15) is 18.0 Å². The molecule has 1 fully saturated rings. The number of likely N-dealkylation sites (tertiary alicyclic amines) is 1. The number of carbonyl (C=O) groups excluding carboxylic acids is 2. The summed E-state index contributed by atoms with van der Waals surface area (Å²) < 4.78 is 24.6. The van der Waals surface area contributed by atoms with E-state index in [0.717, 1.165) is 18.5 Å². The van der Waals surface area contributed by atoms with Gasteiger partial charge in [0.05, 0.1) is 17.4 Å². The zero-order chi connectivity index (χ0) is 20.9. The van der Waals surface area contributed by atoms with Crippen molar-refractivity contribution in [1.82, 2.24) is 15.2 Å². The van der Waals surface area contributed by atoms with Gasteiger partial charge in [-0.15, -0.1) is 4.83 Å². The second-order valence-corrected chi connectivity index (χ2v) is 8.95. The second-order valence-electron chi connectivity index (χ2n) is 7.27. The molecule has 1 heterocycles. The molecule has 0 saturated carbocycles. The van der Waals surface area contributed by atoms with Crippen LogP contribution in [0.1, 0.15) is 28.8 Å². The lowest BCUT2D eigenvalue weighted by Gasteiger charge is -2.31. The fourth-order valence-electron chi connectivity index (χ4n) is 3.33. The topological polar surface area (TPSA) is 95.6 Å². The third-order valence-electron chi connectivity index (χ3n) is 4.98. The minimum atomic E-state index is -3.83. The average Bonchev–Trinajstić information content (AvgIpc) is 2.73. The molecule has 0 aromatic heterocycles. The molecule has 0 spiro atoms. The van der Waals surface area contributed by atoms with E-state index in [0.29, 0.717) is 18.5 Å². The Morgan fingerprint density at radius 3 is 2.45 bits per heavy atom. The van der Waals surface area contributed by atoms with E-state index in [1.807, 2.05) is 30.0 Å². The molecule has 1 saturated heterocycles. The molecule has 1 amide bonds. The Hall–Kier alpha value is -2.55. The summed E-state index contributed by atoms with van der Waals surface area (Å²) in [4.78, 5) is 29.1. The van der Waals surface area contributed by atoms with Crippen molar-refractivity contribution < 1.29 is 18.0 Å². The van der Waals surface area contributed by atoms with E-state index in [2.05, 4.69) is 10.3 Å². The van der Waals surface area contributed by atoms with Gasteiger partial charge in [0.1, 0.15) is 0 Å². The summed E-state index contributed by atoms with van der Waals surface area (Å²) in [6.45, 7) is 3.25. The van der Waals surface area contributed by atoms with Crippen molar-refractivity contribution >= 4 is 21.7 Å². The Morgan fingerprint density at radius 1 is 1.07 bits per heavy atom. The summed E-state index contributed by atoms with van der Waals surface area (Å²) in [7, 11) is -3.83. The van der Waals surface area contributed by atoms with Crippen LogP contribution in [0.2, 0.25) is 0 Å². The molecule has 1 aliphatic heterocycles. The molecule has 0 bridgehead atoms. The summed E-state index contributed by atoms with van der Waals surface area (Å²) in [5, 5.41) is 0. The summed E-state index contributed by atoms with van der Waals surface area (Å²) in [6, 6.07) is 15.4. The SMILES string of the molecule is Cc1ccc(S(=O)(=O)NNC(=O)C2CCCN(CC(=O)c3ccccc3)C2)cc1. The summed E-state index contributed by atoms with van der Waals surface area (Å²) in [5.41, 5.74) is 3.91. The maximum Gasteiger partial charge on any atom is 0.257 e. The molecule has 0 aliphatic carbocycles. The number of hydrogen-bond donors (Lipinski definition) is 2. The van der Waals surface area contributed by atoms with Gasteiger partial charge < -0.3 is 0 Å². The number of hydrogen-bond acceptors (Lipinski definition) is 5. The lowest BCUT2D eigenvalue weighted by Crippen LogP contribution is -2.49. The number of piperidine rings is 1. The van der Waals surface area contributed by atoms with E-state index in [1.165, 1.54) is 12.1 Å². The number of benzene rings is 2. The van der Waals surface area contributed by atoms with Gasteiger partial charge in [-0.3, -0.25) is 19.9 Å². The standard InChI is InChI=1S/C21H25N3O4S/c1-16-9-11-19(12-10-16)29(27,28)23-22-21(26)18-8-5-13-24(14-18)15-20(25)17-6-3-2-4-7-17/h2-4,6-7,9-12,18,23H,5,8,13-15H2,1H3,(H,22,26). The van der Waals surface area contributed by atoms with Crippen molar-refractivity contribution in [3.63, 3.8) is 0 Å². The molecule has 154 valence electrons. The van der Waals surface area contributed by atoms with E-state index >= 15 is 0 Å². The van der Waals surface area contributed by atoms with Crippen molar-refractivity contribution in [3.05, 3.63) is 65.7 Å². The molecule has 2 aromatic rings. The van der Waals surface area contributed by atoms with Gasteiger partial charge in [0.25, 0.3) is 10.0 Å². The lowest BCUT2D eigenvalue weighted by atomic mass is 9.97. The van der Waals surface area contributed by atoms with Crippen molar-refractivity contribution in [2.24, 2.45) is 5.92 Å². The minimum Gasteiger partial charge on any atom is -0.295 e. The van der Waals surface area contributed by atoms with Gasteiger partial charge in [0.15, 0.2) is 5.78 Å². The smallest absolute Gasteiger partial charge is 0.257 e. The van der Waals surface area contributed by atoms with Crippen LogP contribution in [0.15, 0.2) is 59.5 Å². The number of carbonyl (C=O) groups is 2. The van der Waals surface area contributed by atoms with Crippen LogP contribution in [-0.2, 0) is 14.8 Å². The van der Waals surface area contributed by atoms with Gasteiger partial charge in [0, 0.05) is 12.1 Å². The van der Waals surface area contributed by atoms with Crippen molar-refractivity contribution in [2.45, 2.75) is 24.7 Å². The first-order valence-corrected chi connectivity index (χ1v) is 11.0. The molecule has 0 radical (unpaired) electrons. The highest BCUT2D eigenvalue weighted by atomic mass is 32.2. The number of amides is 1. The van der Waals surface area contributed by atoms with Crippen molar-refractivity contribution in [1.29, 1.82) is 0 Å². The highest BCUT2D eigenvalue weighted by Crippen LogP contribution is 2.17. The molecule has 29 heavy (non-hydrogen) atoms. The van der Waals surface area contributed by atoms with Gasteiger partial charge in [0.2, 0.25) is 5.91 Å². The van der Waals surface area contributed by atoms with Crippen LogP contribution in [0.4, 0.5) is 0 Å². The number of aryl methyl sites for hydroxylation is 1. The predicted molar refractivity (Wildman–Crippen MR) is 110 cm³/mol. The quantitative estimate of drug-likeness (QED) is 0.532. The van der Waals surface area contributed by atoms with E-state index < -0.39 is 15.9 Å². The number of Topliss-reactive ketones (excluding diaryl/α,β-unsaturated/α-hetero) is 1. The van der Waals surface area contributed by atoms with Crippen LogP contribution < -0.4 is 10.3 Å². The third-order valence-corrected chi connectivity index (χ3v) is 6.24. The maximum absolute atomic E-state index is 12.5. The Morgan fingerprint density at radius 2 is 1.76 bits per heavy atom. The molecular weight excluding hydrogens is 390 g/mol. The summed E-state index contributed by atoms with van der Waals surface area (Å²) in [5.74, 6) is -0.766. The number of nitrogens with zero attached hydrogens (tertiary/aromatic N) is 1. The average molecular weight is 416 g/mol. The van der Waals surface area contributed by atoms with Crippen LogP contribution in [0.25, 0.3) is 0 Å². The predicted octanol–water partition coefficient (Wildman–Crippen LogP) is 1.90. The van der Waals surface area contributed by atoms with Crippen molar-refractivity contribution in [3.8, 4) is 0 Å². The maximum atomic E-state index is 12.5. The Kier molecular flexibility index (Phi) is 6.79. The minimum absolute atomic E-state index is 0.00623. The zero-order valence-electron chi connectivity index (χ0n) is 16.3. The van der Waals surface area contributed by atoms with E-state index in [1.54, 1.807) is 24.3 Å². The highest BCUT2D eigenvalue weighted by molar-refractivity contribution is 7.89. The van der Waals surface area contributed by atoms with E-state index in [-0.39, 0.29) is 23.1 Å². The van der Waals surface area contributed by atoms with Crippen molar-refractivity contribution in [2.75, 3.05) is 19.6 Å².